The van der Waals surface area contributed by atoms with Gasteiger partial charge in [0.05, 0.1) is 23.9 Å². The number of carbonyl (C=O) groups excluding carboxylic acids is 1. The van der Waals surface area contributed by atoms with Gasteiger partial charge in [-0.3, -0.25) is 4.79 Å². The van der Waals surface area contributed by atoms with Crippen LogP contribution in [-0.4, -0.2) is 59.3 Å². The van der Waals surface area contributed by atoms with Gasteiger partial charge in [0.25, 0.3) is 0 Å². The van der Waals surface area contributed by atoms with Gasteiger partial charge in [0.2, 0.25) is 0 Å². The van der Waals surface area contributed by atoms with Crippen molar-refractivity contribution in [3.63, 3.8) is 0 Å². The van der Waals surface area contributed by atoms with E-state index in [-0.39, 0.29) is 17.4 Å². The summed E-state index contributed by atoms with van der Waals surface area (Å²) in [5.41, 5.74) is -0.00799. The number of nitrogens with one attached hydrogen (secondary N) is 1. The smallest absolute Gasteiger partial charge is 0.303 e. The average Bonchev–Trinajstić information content (AvgIpc) is 3.41. The third-order valence-corrected chi connectivity index (χ3v) is 13.7. The van der Waals surface area contributed by atoms with Crippen LogP contribution in [0.3, 0.4) is 0 Å². The van der Waals surface area contributed by atoms with Crippen LogP contribution in [0.25, 0.3) is 0 Å². The highest BCUT2D eigenvalue weighted by Crippen LogP contribution is 2.87. The normalized spacial score (nSPS) is 53.5. The Labute approximate surface area is 230 Å². The first kappa shape index (κ1) is 27.5. The summed E-state index contributed by atoms with van der Waals surface area (Å²) in [6.07, 6.45) is 7.73. The van der Waals surface area contributed by atoms with Crippen molar-refractivity contribution >= 4 is 5.97 Å². The van der Waals surface area contributed by atoms with Crippen molar-refractivity contribution in [3.8, 4) is 0 Å². The number of rotatable bonds is 4. The lowest BCUT2D eigenvalue weighted by molar-refractivity contribution is -0.215. The molecule has 38 heavy (non-hydrogen) atoms. The third-order valence-electron chi connectivity index (χ3n) is 13.7. The standard InChI is InChI=1S/C32H53NO5/c1-17-15-20(27(29(5,6)36)37-18(2)34)38-26-23(17)30(7)13-14-31-16-32(31)12-11-22(33-8)28(3,4)21(32)10-9-19(31)24(30)25(26)35/h17,19-27,33,35-36H,9-16H2,1-8H3/t17?,19-,20+,21-,22-,23?,24?,25?,26?,27-,30+,31-,32+/m0/s1. The van der Waals surface area contributed by atoms with Gasteiger partial charge in [-0.1, -0.05) is 27.7 Å². The first-order chi connectivity index (χ1) is 17.6. The average molecular weight is 532 g/mol. The molecule has 0 aromatic heterocycles. The minimum atomic E-state index is -1.22. The molecular formula is C32H53NO5. The summed E-state index contributed by atoms with van der Waals surface area (Å²) in [6, 6.07) is 0.591. The summed E-state index contributed by atoms with van der Waals surface area (Å²) in [6.45, 7) is 14.5. The zero-order valence-corrected chi connectivity index (χ0v) is 25.0. The molecule has 0 aromatic carbocycles. The minimum absolute atomic E-state index is 0.0599. The van der Waals surface area contributed by atoms with Gasteiger partial charge < -0.3 is 25.0 Å². The van der Waals surface area contributed by atoms with Gasteiger partial charge in [-0.25, -0.2) is 0 Å². The predicted molar refractivity (Wildman–Crippen MR) is 146 cm³/mol. The number of esters is 1. The number of carbonyl (C=O) groups is 1. The lowest BCUT2D eigenvalue weighted by atomic mass is 9.45. The van der Waals surface area contributed by atoms with Crippen LogP contribution in [0.5, 0.6) is 0 Å². The van der Waals surface area contributed by atoms with Crippen LogP contribution >= 0.6 is 0 Å². The molecule has 0 amide bonds. The van der Waals surface area contributed by atoms with Crippen LogP contribution in [-0.2, 0) is 14.3 Å². The largest absolute Gasteiger partial charge is 0.457 e. The number of aliphatic hydroxyl groups is 2. The van der Waals surface area contributed by atoms with E-state index in [0.717, 1.165) is 12.3 Å². The summed E-state index contributed by atoms with van der Waals surface area (Å²) in [4.78, 5) is 11.9. The molecule has 6 aliphatic rings. The lowest BCUT2D eigenvalue weighted by Gasteiger charge is -2.60. The molecule has 0 aromatic rings. The summed E-state index contributed by atoms with van der Waals surface area (Å²) >= 11 is 0. The van der Waals surface area contributed by atoms with Gasteiger partial charge in [-0.2, -0.15) is 0 Å². The fourth-order valence-electron chi connectivity index (χ4n) is 12.4. The Balaban J connectivity index is 1.30. The molecule has 2 spiro atoms. The van der Waals surface area contributed by atoms with Crippen LogP contribution in [0.2, 0.25) is 0 Å². The van der Waals surface area contributed by atoms with Crippen LogP contribution in [0.4, 0.5) is 0 Å². The Kier molecular flexibility index (Phi) is 6.09. The van der Waals surface area contributed by atoms with Gasteiger partial charge in [-0.15, -0.1) is 0 Å². The van der Waals surface area contributed by atoms with E-state index in [1.54, 1.807) is 13.8 Å². The Morgan fingerprint density at radius 3 is 2.42 bits per heavy atom. The fourth-order valence-corrected chi connectivity index (χ4v) is 12.4. The van der Waals surface area contributed by atoms with Crippen molar-refractivity contribution < 1.29 is 24.5 Å². The van der Waals surface area contributed by atoms with Crippen molar-refractivity contribution in [1.29, 1.82) is 0 Å². The van der Waals surface area contributed by atoms with Crippen LogP contribution in [0, 0.1) is 51.2 Å². The second-order valence-corrected chi connectivity index (χ2v) is 16.0. The molecule has 1 heterocycles. The van der Waals surface area contributed by atoms with E-state index in [1.165, 1.54) is 51.9 Å². The molecule has 1 saturated heterocycles. The number of fused-ring (bicyclic) bond motifs is 4. The lowest BCUT2D eigenvalue weighted by Crippen LogP contribution is -2.57. The zero-order chi connectivity index (χ0) is 27.6. The van der Waals surface area contributed by atoms with E-state index in [9.17, 15) is 15.0 Å². The summed E-state index contributed by atoms with van der Waals surface area (Å²) in [5.74, 6) is 1.79. The number of ether oxygens (including phenoxy) is 2. The molecule has 1 aliphatic heterocycles. The summed E-state index contributed by atoms with van der Waals surface area (Å²) in [5, 5.41) is 26.7. The molecule has 0 bridgehead atoms. The quantitative estimate of drug-likeness (QED) is 0.456. The maximum Gasteiger partial charge on any atom is 0.303 e. The molecule has 5 aliphatic carbocycles. The molecule has 216 valence electrons. The minimum Gasteiger partial charge on any atom is -0.457 e. The number of aliphatic hydroxyl groups excluding tert-OH is 1. The molecular weight excluding hydrogens is 478 g/mol. The highest BCUT2D eigenvalue weighted by atomic mass is 16.6. The van der Waals surface area contributed by atoms with E-state index >= 15 is 0 Å². The Hall–Kier alpha value is -0.690. The number of hydrogen-bond donors (Lipinski definition) is 3. The number of hydrogen-bond acceptors (Lipinski definition) is 6. The first-order valence-electron chi connectivity index (χ1n) is 15.5. The molecule has 13 atom stereocenters. The zero-order valence-electron chi connectivity index (χ0n) is 25.0. The van der Waals surface area contributed by atoms with Crippen LogP contribution in [0.15, 0.2) is 0 Å². The molecule has 0 radical (unpaired) electrons. The van der Waals surface area contributed by atoms with Crippen LogP contribution < -0.4 is 5.32 Å². The van der Waals surface area contributed by atoms with Gasteiger partial charge >= 0.3 is 5.97 Å². The van der Waals surface area contributed by atoms with Gasteiger partial charge in [0, 0.05) is 13.0 Å². The summed E-state index contributed by atoms with van der Waals surface area (Å²) < 4.78 is 12.4. The molecule has 5 saturated carbocycles. The Morgan fingerprint density at radius 1 is 1.08 bits per heavy atom. The van der Waals surface area contributed by atoms with Crippen molar-refractivity contribution in [2.75, 3.05) is 7.05 Å². The van der Waals surface area contributed by atoms with Gasteiger partial charge in [0.15, 0.2) is 6.10 Å². The topological polar surface area (TPSA) is 88.0 Å². The van der Waals surface area contributed by atoms with Crippen molar-refractivity contribution in [1.82, 2.24) is 5.32 Å². The highest BCUT2D eigenvalue weighted by molar-refractivity contribution is 5.66. The molecule has 6 heteroatoms. The molecule has 6 fully saturated rings. The van der Waals surface area contributed by atoms with Crippen molar-refractivity contribution in [3.05, 3.63) is 0 Å². The second kappa shape index (κ2) is 8.42. The van der Waals surface area contributed by atoms with E-state index in [4.69, 9.17) is 9.47 Å². The first-order valence-corrected chi connectivity index (χ1v) is 15.5. The highest BCUT2D eigenvalue weighted by Gasteiger charge is 2.81. The third kappa shape index (κ3) is 3.42. The molecule has 6 rings (SSSR count). The second-order valence-electron chi connectivity index (χ2n) is 16.0. The van der Waals surface area contributed by atoms with E-state index < -0.39 is 29.9 Å². The fraction of sp³-hybridized carbons (Fsp3) is 0.969. The predicted octanol–water partition coefficient (Wildman–Crippen LogP) is 4.70. The van der Waals surface area contributed by atoms with E-state index in [2.05, 4.69) is 40.1 Å². The Bertz CT molecular complexity index is 975. The van der Waals surface area contributed by atoms with E-state index in [0.29, 0.717) is 40.0 Å². The maximum absolute atomic E-state index is 12.1. The van der Waals surface area contributed by atoms with Crippen molar-refractivity contribution in [2.24, 2.45) is 51.2 Å². The van der Waals surface area contributed by atoms with Crippen molar-refractivity contribution in [2.45, 2.75) is 136 Å². The molecule has 5 unspecified atom stereocenters. The maximum atomic E-state index is 12.1. The SMILES string of the molecule is CN[C@H]1CC[C@]23C[C@]24CC[C@]2(C)C5C(C)C[C@H]([C@H](OC(C)=O)C(C)(C)O)OC5C(O)C2[C@@H]4CC[C@H]3C1(C)C. The van der Waals surface area contributed by atoms with Gasteiger partial charge in [-0.05, 0) is 124 Å². The monoisotopic (exact) mass is 531 g/mol. The Morgan fingerprint density at radius 2 is 1.79 bits per heavy atom. The summed E-state index contributed by atoms with van der Waals surface area (Å²) in [7, 11) is 2.14. The van der Waals surface area contributed by atoms with Gasteiger partial charge in [0.1, 0.15) is 0 Å². The molecule has 3 N–H and O–H groups in total. The van der Waals surface area contributed by atoms with Crippen LogP contribution in [0.1, 0.15) is 99.8 Å². The van der Waals surface area contributed by atoms with E-state index in [1.807, 2.05) is 0 Å². The molecule has 6 nitrogen and oxygen atoms in total.